The van der Waals surface area contributed by atoms with E-state index >= 15 is 0 Å². The molecule has 2 aromatic carbocycles. The van der Waals surface area contributed by atoms with Crippen LogP contribution in [0.2, 0.25) is 0 Å². The highest BCUT2D eigenvalue weighted by Gasteiger charge is 2.46. The third kappa shape index (κ3) is 4.33. The fraction of sp³-hybridized carbons (Fsp3) is 0.400. The lowest BCUT2D eigenvalue weighted by atomic mass is 9.83. The van der Waals surface area contributed by atoms with Crippen LogP contribution in [0.15, 0.2) is 48.5 Å². The molecule has 0 heterocycles. The lowest BCUT2D eigenvalue weighted by Crippen LogP contribution is -2.38. The Morgan fingerprint density at radius 3 is 0.966 bits per heavy atom. The first kappa shape index (κ1) is 23.0. The van der Waals surface area contributed by atoms with Crippen molar-refractivity contribution < 1.29 is 39.9 Å². The van der Waals surface area contributed by atoms with Crippen LogP contribution >= 0.6 is 0 Å². The Morgan fingerprint density at radius 1 is 0.517 bits per heavy atom. The second-order valence-corrected chi connectivity index (χ2v) is 6.92. The number of halogens is 8. The van der Waals surface area contributed by atoms with Crippen LogP contribution < -0.4 is 4.74 Å². The summed E-state index contributed by atoms with van der Waals surface area (Å²) >= 11 is 0. The quantitative estimate of drug-likeness (QED) is 0.411. The summed E-state index contributed by atoms with van der Waals surface area (Å²) in [6.07, 6.45) is -13.2. The van der Waals surface area contributed by atoms with Gasteiger partial charge in [-0.25, -0.2) is 35.1 Å². The summed E-state index contributed by atoms with van der Waals surface area (Å²) in [4.78, 5) is 0. The van der Waals surface area contributed by atoms with Gasteiger partial charge in [0.1, 0.15) is 22.3 Å². The van der Waals surface area contributed by atoms with Crippen molar-refractivity contribution in [1.82, 2.24) is 0 Å². The second kappa shape index (κ2) is 8.59. The third-order valence-electron chi connectivity index (χ3n) is 5.00. The number of benzene rings is 2. The Bertz CT molecular complexity index is 704. The molecule has 1 nitrogen and oxygen atoms in total. The fourth-order valence-corrected chi connectivity index (χ4v) is 2.59. The Labute approximate surface area is 162 Å². The highest BCUT2D eigenvalue weighted by atomic mass is 19.3. The fourth-order valence-electron chi connectivity index (χ4n) is 2.59. The van der Waals surface area contributed by atoms with Crippen molar-refractivity contribution in [1.29, 1.82) is 0 Å². The molecule has 0 aliphatic heterocycles. The second-order valence-electron chi connectivity index (χ2n) is 6.92. The molecule has 160 valence electrons. The molecule has 0 fully saturated rings. The zero-order chi connectivity index (χ0) is 22.0. The molecule has 0 aromatic heterocycles. The van der Waals surface area contributed by atoms with Gasteiger partial charge in [-0.15, -0.1) is 0 Å². The van der Waals surface area contributed by atoms with E-state index in [1.165, 1.54) is 24.3 Å². The lowest BCUT2D eigenvalue weighted by Gasteiger charge is -2.28. The van der Waals surface area contributed by atoms with Crippen LogP contribution in [0.25, 0.3) is 0 Å². The molecule has 0 N–H and O–H groups in total. The van der Waals surface area contributed by atoms with Crippen molar-refractivity contribution >= 4 is 0 Å². The molecule has 0 saturated carbocycles. The number of hydrogen-bond donors (Lipinski definition) is 0. The van der Waals surface area contributed by atoms with Crippen LogP contribution in [-0.4, -0.2) is 25.7 Å². The van der Waals surface area contributed by atoms with Gasteiger partial charge in [-0.3, -0.25) is 0 Å². The molecular formula is C20H18F8O. The minimum absolute atomic E-state index is 0.109. The van der Waals surface area contributed by atoms with Gasteiger partial charge in [-0.05, 0) is 49.2 Å². The molecule has 0 atom stereocenters. The first-order valence-electron chi connectivity index (χ1n) is 8.45. The maximum Gasteiger partial charge on any atom is 0.253 e. The summed E-state index contributed by atoms with van der Waals surface area (Å²) in [5.41, 5.74) is -5.85. The van der Waals surface area contributed by atoms with E-state index < -0.39 is 36.5 Å². The van der Waals surface area contributed by atoms with Crippen molar-refractivity contribution in [3.63, 3.8) is 0 Å². The highest BCUT2D eigenvalue weighted by molar-refractivity contribution is 5.38. The summed E-state index contributed by atoms with van der Waals surface area (Å²) < 4.78 is 110. The maximum atomic E-state index is 13.1. The van der Waals surface area contributed by atoms with Gasteiger partial charge in [0.25, 0.3) is 25.7 Å². The van der Waals surface area contributed by atoms with Crippen LogP contribution in [-0.2, 0) is 10.8 Å². The lowest BCUT2D eigenvalue weighted by molar-refractivity contribution is -0.0459. The minimum Gasteiger partial charge on any atom is -0.457 e. The average molecular weight is 426 g/mol. The van der Waals surface area contributed by atoms with Crippen LogP contribution in [0.3, 0.4) is 0 Å². The largest absolute Gasteiger partial charge is 0.457 e. The molecule has 0 amide bonds. The van der Waals surface area contributed by atoms with Crippen molar-refractivity contribution in [3.05, 3.63) is 59.7 Å². The average Bonchev–Trinajstić information content (AvgIpc) is 2.67. The zero-order valence-electron chi connectivity index (χ0n) is 15.4. The van der Waals surface area contributed by atoms with Gasteiger partial charge in [-0.2, -0.15) is 0 Å². The van der Waals surface area contributed by atoms with E-state index in [-0.39, 0.29) is 22.6 Å². The molecule has 2 aromatic rings. The minimum atomic E-state index is -3.29. The highest BCUT2D eigenvalue weighted by Crippen LogP contribution is 2.39. The molecule has 0 bridgehead atoms. The Hall–Kier alpha value is -2.32. The molecule has 0 spiro atoms. The van der Waals surface area contributed by atoms with E-state index in [4.69, 9.17) is 4.74 Å². The third-order valence-corrected chi connectivity index (χ3v) is 5.00. The molecular weight excluding hydrogens is 408 g/mol. The number of hydrogen-bond acceptors (Lipinski definition) is 1. The summed E-state index contributed by atoms with van der Waals surface area (Å²) in [6.45, 7) is 1.50. The topological polar surface area (TPSA) is 9.23 Å². The SMILES string of the molecule is CC(c1ccc(Oc2ccc(C(C)(C(F)F)C(F)F)cc2)cc1)(C(F)F)C(F)F. The van der Waals surface area contributed by atoms with Gasteiger partial charge in [-0.1, -0.05) is 24.3 Å². The Morgan fingerprint density at radius 2 is 0.759 bits per heavy atom. The first-order valence-corrected chi connectivity index (χ1v) is 8.45. The van der Waals surface area contributed by atoms with E-state index in [1.54, 1.807) is 0 Å². The van der Waals surface area contributed by atoms with E-state index in [0.29, 0.717) is 0 Å². The molecule has 9 heteroatoms. The molecule has 2 rings (SSSR count). The van der Waals surface area contributed by atoms with Gasteiger partial charge in [0.15, 0.2) is 0 Å². The summed E-state index contributed by atoms with van der Waals surface area (Å²) in [5, 5.41) is 0. The normalized spacial score (nSPS) is 13.0. The van der Waals surface area contributed by atoms with Gasteiger partial charge in [0.2, 0.25) is 0 Å². The summed E-state index contributed by atoms with van der Waals surface area (Å²) in [5.74, 6) is 0.218. The molecule has 0 unspecified atom stereocenters. The van der Waals surface area contributed by atoms with Crippen LogP contribution in [0, 0.1) is 0 Å². The van der Waals surface area contributed by atoms with Crippen LogP contribution in [0.1, 0.15) is 25.0 Å². The summed E-state index contributed by atoms with van der Waals surface area (Å²) in [6, 6.07) is 9.12. The predicted molar refractivity (Wildman–Crippen MR) is 91.7 cm³/mol. The molecule has 0 saturated heterocycles. The smallest absolute Gasteiger partial charge is 0.253 e. The maximum absolute atomic E-state index is 13.1. The first-order chi connectivity index (χ1) is 13.4. The Balaban J connectivity index is 2.21. The predicted octanol–water partition coefficient (Wildman–Crippen LogP) is 7.05. The number of ether oxygens (including phenoxy) is 1. The van der Waals surface area contributed by atoms with Crippen molar-refractivity contribution in [2.24, 2.45) is 0 Å². The number of alkyl halides is 8. The van der Waals surface area contributed by atoms with Crippen LogP contribution in [0.4, 0.5) is 35.1 Å². The van der Waals surface area contributed by atoms with Gasteiger partial charge >= 0.3 is 0 Å². The van der Waals surface area contributed by atoms with Crippen molar-refractivity contribution in [2.45, 2.75) is 50.4 Å². The summed E-state index contributed by atoms with van der Waals surface area (Å²) in [7, 11) is 0. The monoisotopic (exact) mass is 426 g/mol. The molecule has 29 heavy (non-hydrogen) atoms. The molecule has 0 aliphatic rings. The van der Waals surface area contributed by atoms with E-state index in [2.05, 4.69) is 0 Å². The molecule has 0 radical (unpaired) electrons. The van der Waals surface area contributed by atoms with E-state index in [0.717, 1.165) is 38.1 Å². The van der Waals surface area contributed by atoms with Crippen molar-refractivity contribution in [3.8, 4) is 11.5 Å². The van der Waals surface area contributed by atoms with Crippen LogP contribution in [0.5, 0.6) is 11.5 Å². The van der Waals surface area contributed by atoms with Crippen molar-refractivity contribution in [2.75, 3.05) is 0 Å². The van der Waals surface area contributed by atoms with E-state index in [9.17, 15) is 35.1 Å². The van der Waals surface area contributed by atoms with E-state index in [1.807, 2.05) is 0 Å². The Kier molecular flexibility index (Phi) is 6.80. The zero-order valence-corrected chi connectivity index (χ0v) is 15.4. The van der Waals surface area contributed by atoms with Gasteiger partial charge in [0, 0.05) is 0 Å². The van der Waals surface area contributed by atoms with Gasteiger partial charge < -0.3 is 4.74 Å². The standard InChI is InChI=1S/C20H18F8O/c1-19(15(21)22,16(23)24)11-3-7-13(8-4-11)29-14-9-5-12(6-10-14)20(2,17(25)26)18(27)28/h3-10,15-18H,1-2H3. The number of rotatable bonds is 8. The molecule has 0 aliphatic carbocycles. The van der Waals surface area contributed by atoms with Gasteiger partial charge in [0.05, 0.1) is 0 Å².